The van der Waals surface area contributed by atoms with E-state index in [1.54, 1.807) is 30.0 Å². The van der Waals surface area contributed by atoms with Crippen LogP contribution in [-0.4, -0.2) is 29.6 Å². The van der Waals surface area contributed by atoms with Crippen molar-refractivity contribution in [3.63, 3.8) is 0 Å². The lowest BCUT2D eigenvalue weighted by molar-refractivity contribution is 0.0698. The molecule has 0 fully saturated rings. The standard InChI is InChI=1S/C12H16BrNO2S/c1-8(7-17-2)6-14-11-5-9(13)3-4-10(11)12(15)16/h3-5,8,14H,6-7H2,1-2H3,(H,15,16). The Balaban J connectivity index is 2.75. The molecule has 1 atom stereocenters. The number of halogens is 1. The first-order valence-corrected chi connectivity index (χ1v) is 7.49. The van der Waals surface area contributed by atoms with Gasteiger partial charge in [0.25, 0.3) is 0 Å². The van der Waals surface area contributed by atoms with E-state index in [9.17, 15) is 4.79 Å². The van der Waals surface area contributed by atoms with Crippen molar-refractivity contribution >= 4 is 39.3 Å². The van der Waals surface area contributed by atoms with Crippen LogP contribution in [0.1, 0.15) is 17.3 Å². The number of hydrogen-bond acceptors (Lipinski definition) is 3. The fourth-order valence-electron chi connectivity index (χ4n) is 1.48. The maximum atomic E-state index is 11.0. The molecule has 17 heavy (non-hydrogen) atoms. The van der Waals surface area contributed by atoms with Crippen LogP contribution in [0.3, 0.4) is 0 Å². The SMILES string of the molecule is CSCC(C)CNc1cc(Br)ccc1C(=O)O. The van der Waals surface area contributed by atoms with Gasteiger partial charge in [0.1, 0.15) is 0 Å². The third-order valence-electron chi connectivity index (χ3n) is 2.30. The number of rotatable bonds is 6. The predicted octanol–water partition coefficient (Wildman–Crippen LogP) is 3.56. The van der Waals surface area contributed by atoms with E-state index in [1.807, 2.05) is 0 Å². The van der Waals surface area contributed by atoms with E-state index < -0.39 is 5.97 Å². The Morgan fingerprint density at radius 1 is 1.59 bits per heavy atom. The van der Waals surface area contributed by atoms with Crippen LogP contribution >= 0.6 is 27.7 Å². The largest absolute Gasteiger partial charge is 0.478 e. The van der Waals surface area contributed by atoms with Gasteiger partial charge in [-0.1, -0.05) is 22.9 Å². The van der Waals surface area contributed by atoms with Gasteiger partial charge in [0.2, 0.25) is 0 Å². The number of carboxylic acids is 1. The highest BCUT2D eigenvalue weighted by molar-refractivity contribution is 9.10. The number of aromatic carboxylic acids is 1. The molecule has 0 aromatic heterocycles. The van der Waals surface area contributed by atoms with Gasteiger partial charge in [0.05, 0.1) is 5.56 Å². The van der Waals surface area contributed by atoms with Gasteiger partial charge in [-0.2, -0.15) is 11.8 Å². The van der Waals surface area contributed by atoms with Crippen molar-refractivity contribution in [3.05, 3.63) is 28.2 Å². The molecule has 0 heterocycles. The summed E-state index contributed by atoms with van der Waals surface area (Å²) in [4.78, 5) is 11.0. The molecule has 1 aromatic carbocycles. The molecule has 1 unspecified atom stereocenters. The zero-order valence-corrected chi connectivity index (χ0v) is 12.3. The Kier molecular flexibility index (Phi) is 5.85. The molecule has 3 nitrogen and oxygen atoms in total. The molecule has 0 saturated heterocycles. The van der Waals surface area contributed by atoms with E-state index >= 15 is 0 Å². The number of nitrogens with one attached hydrogen (secondary N) is 1. The monoisotopic (exact) mass is 317 g/mol. The molecule has 0 radical (unpaired) electrons. The van der Waals surface area contributed by atoms with E-state index in [0.717, 1.165) is 16.8 Å². The van der Waals surface area contributed by atoms with Gasteiger partial charge in [-0.05, 0) is 36.1 Å². The van der Waals surface area contributed by atoms with Crippen molar-refractivity contribution in [2.45, 2.75) is 6.92 Å². The molecule has 0 saturated carbocycles. The minimum atomic E-state index is -0.905. The van der Waals surface area contributed by atoms with Crippen LogP contribution in [0.15, 0.2) is 22.7 Å². The van der Waals surface area contributed by atoms with Crippen LogP contribution in [0, 0.1) is 5.92 Å². The van der Waals surface area contributed by atoms with Crippen molar-refractivity contribution in [1.29, 1.82) is 0 Å². The highest BCUT2D eigenvalue weighted by Crippen LogP contribution is 2.22. The van der Waals surface area contributed by atoms with Crippen molar-refractivity contribution in [2.24, 2.45) is 5.92 Å². The Bertz CT molecular complexity index is 398. The average molecular weight is 318 g/mol. The van der Waals surface area contributed by atoms with Crippen molar-refractivity contribution < 1.29 is 9.90 Å². The topological polar surface area (TPSA) is 49.3 Å². The predicted molar refractivity (Wildman–Crippen MR) is 77.1 cm³/mol. The van der Waals surface area contributed by atoms with Crippen molar-refractivity contribution in [3.8, 4) is 0 Å². The molecule has 1 aromatic rings. The second-order valence-electron chi connectivity index (χ2n) is 3.94. The summed E-state index contributed by atoms with van der Waals surface area (Å²) in [5.41, 5.74) is 0.976. The molecule has 94 valence electrons. The molecule has 2 N–H and O–H groups in total. The summed E-state index contributed by atoms with van der Waals surface area (Å²) in [6, 6.07) is 5.14. The summed E-state index contributed by atoms with van der Waals surface area (Å²) in [5.74, 6) is 0.659. The lowest BCUT2D eigenvalue weighted by atomic mass is 10.1. The number of carboxylic acid groups (broad SMARTS) is 1. The normalized spacial score (nSPS) is 12.2. The molecule has 0 aliphatic heterocycles. The summed E-state index contributed by atoms with van der Waals surface area (Å²) in [5, 5.41) is 12.3. The summed E-state index contributed by atoms with van der Waals surface area (Å²) in [7, 11) is 0. The van der Waals surface area contributed by atoms with Gasteiger partial charge in [0, 0.05) is 16.7 Å². The van der Waals surface area contributed by atoms with E-state index in [2.05, 4.69) is 34.4 Å². The first-order valence-electron chi connectivity index (χ1n) is 5.30. The summed E-state index contributed by atoms with van der Waals surface area (Å²) in [6.45, 7) is 2.92. The minimum absolute atomic E-state index is 0.310. The molecule has 0 aliphatic rings. The summed E-state index contributed by atoms with van der Waals surface area (Å²) < 4.78 is 0.877. The first-order chi connectivity index (χ1) is 8.04. The van der Waals surface area contributed by atoms with Crippen LogP contribution in [0.4, 0.5) is 5.69 Å². The number of anilines is 1. The third kappa shape index (κ3) is 4.60. The Labute approximate surface area is 114 Å². The van der Waals surface area contributed by atoms with Crippen molar-refractivity contribution in [1.82, 2.24) is 0 Å². The fourth-order valence-corrected chi connectivity index (χ4v) is 2.52. The summed E-state index contributed by atoms with van der Waals surface area (Å²) >= 11 is 5.14. The highest BCUT2D eigenvalue weighted by Gasteiger charge is 2.11. The number of thioether (sulfide) groups is 1. The van der Waals surface area contributed by atoms with Gasteiger partial charge >= 0.3 is 5.97 Å². The molecule has 0 spiro atoms. The van der Waals surface area contributed by atoms with E-state index in [0.29, 0.717) is 17.2 Å². The third-order valence-corrected chi connectivity index (χ3v) is 3.70. The van der Waals surface area contributed by atoms with Gasteiger partial charge in [0.15, 0.2) is 0 Å². The maximum Gasteiger partial charge on any atom is 0.337 e. The van der Waals surface area contributed by atoms with Crippen LogP contribution < -0.4 is 5.32 Å². The van der Waals surface area contributed by atoms with Crippen LogP contribution in [0.25, 0.3) is 0 Å². The zero-order valence-electron chi connectivity index (χ0n) is 9.87. The van der Waals surface area contributed by atoms with Gasteiger partial charge in [-0.3, -0.25) is 0 Å². The number of hydrogen-bond donors (Lipinski definition) is 2. The average Bonchev–Trinajstić information content (AvgIpc) is 2.26. The lowest BCUT2D eigenvalue weighted by Crippen LogP contribution is -2.15. The van der Waals surface area contributed by atoms with Crippen LogP contribution in [-0.2, 0) is 0 Å². The molecule has 0 bridgehead atoms. The Hall–Kier alpha value is -0.680. The summed E-state index contributed by atoms with van der Waals surface area (Å²) in [6.07, 6.45) is 2.07. The van der Waals surface area contributed by atoms with Gasteiger partial charge in [-0.15, -0.1) is 0 Å². The first kappa shape index (κ1) is 14.4. The molecule has 0 amide bonds. The molecule has 0 aliphatic carbocycles. The van der Waals surface area contributed by atoms with E-state index in [1.165, 1.54) is 0 Å². The second-order valence-corrected chi connectivity index (χ2v) is 5.76. The van der Waals surface area contributed by atoms with Gasteiger partial charge < -0.3 is 10.4 Å². The fraction of sp³-hybridized carbons (Fsp3) is 0.417. The second kappa shape index (κ2) is 6.91. The number of benzene rings is 1. The molecule has 1 rings (SSSR count). The Morgan fingerprint density at radius 3 is 2.88 bits per heavy atom. The van der Waals surface area contributed by atoms with E-state index in [-0.39, 0.29) is 0 Å². The van der Waals surface area contributed by atoms with Crippen LogP contribution in [0.5, 0.6) is 0 Å². The van der Waals surface area contributed by atoms with E-state index in [4.69, 9.17) is 5.11 Å². The molecular weight excluding hydrogens is 302 g/mol. The molecular formula is C12H16BrNO2S. The zero-order chi connectivity index (χ0) is 12.8. The van der Waals surface area contributed by atoms with Crippen LogP contribution in [0.2, 0.25) is 0 Å². The number of carbonyl (C=O) groups is 1. The highest BCUT2D eigenvalue weighted by atomic mass is 79.9. The van der Waals surface area contributed by atoms with Gasteiger partial charge in [-0.25, -0.2) is 4.79 Å². The van der Waals surface area contributed by atoms with Crippen molar-refractivity contribution in [2.75, 3.05) is 23.9 Å². The molecule has 5 heteroatoms. The Morgan fingerprint density at radius 2 is 2.29 bits per heavy atom. The smallest absolute Gasteiger partial charge is 0.337 e. The quantitative estimate of drug-likeness (QED) is 0.842. The minimum Gasteiger partial charge on any atom is -0.478 e. The lowest BCUT2D eigenvalue weighted by Gasteiger charge is -2.14. The maximum absolute atomic E-state index is 11.0.